The van der Waals surface area contributed by atoms with Gasteiger partial charge in [-0.15, -0.1) is 0 Å². The molecule has 4 rings (SSSR count). The first-order chi connectivity index (χ1) is 15.2. The zero-order chi connectivity index (χ0) is 21.5. The first-order valence-electron chi connectivity index (χ1n) is 11.1. The van der Waals surface area contributed by atoms with Gasteiger partial charge in [-0.2, -0.15) is 0 Å². The molecule has 0 spiro atoms. The fourth-order valence-corrected chi connectivity index (χ4v) is 4.81. The van der Waals surface area contributed by atoms with Crippen molar-refractivity contribution in [3.8, 4) is 5.75 Å². The fourth-order valence-electron chi connectivity index (χ4n) is 4.63. The molecule has 0 amide bonds. The van der Waals surface area contributed by atoms with Crippen molar-refractivity contribution in [2.75, 3.05) is 26.2 Å². The number of likely N-dealkylation sites (tertiary alicyclic amines) is 1. The predicted molar refractivity (Wildman–Crippen MR) is 127 cm³/mol. The molecule has 1 fully saturated rings. The van der Waals surface area contributed by atoms with E-state index >= 15 is 0 Å². The van der Waals surface area contributed by atoms with Crippen molar-refractivity contribution in [2.45, 2.75) is 24.9 Å². The van der Waals surface area contributed by atoms with Gasteiger partial charge in [0.05, 0.1) is 6.61 Å². The highest BCUT2D eigenvalue weighted by Gasteiger charge is 2.41. The number of halogens is 1. The molecule has 0 radical (unpaired) electrons. The first kappa shape index (κ1) is 21.9. The second kappa shape index (κ2) is 10.3. The van der Waals surface area contributed by atoms with Crippen LogP contribution < -0.4 is 4.74 Å². The van der Waals surface area contributed by atoms with Gasteiger partial charge in [-0.05, 0) is 67.6 Å². The molecule has 31 heavy (non-hydrogen) atoms. The zero-order valence-corrected chi connectivity index (χ0v) is 18.5. The number of benzene rings is 3. The average Bonchev–Trinajstić information content (AvgIpc) is 2.83. The third kappa shape index (κ3) is 5.30. The fraction of sp³-hybridized carbons (Fsp3) is 0.333. The van der Waals surface area contributed by atoms with Crippen LogP contribution in [0.15, 0.2) is 84.9 Å². The second-order valence-corrected chi connectivity index (χ2v) is 8.71. The Labute approximate surface area is 190 Å². The summed E-state index contributed by atoms with van der Waals surface area (Å²) in [6.07, 6.45) is 2.91. The maximum atomic E-state index is 12.0. The summed E-state index contributed by atoms with van der Waals surface area (Å²) in [5.74, 6) is 1.01. The Balaban J connectivity index is 1.34. The largest absolute Gasteiger partial charge is 0.493 e. The number of hydrogen-bond acceptors (Lipinski definition) is 3. The maximum absolute atomic E-state index is 12.0. The molecule has 1 aliphatic rings. The SMILES string of the molecule is OC(c1ccccc1)(c1ccccc1)C1CCN(CCCOc2cccc(Cl)c2)CC1. The Hall–Kier alpha value is -2.33. The molecule has 3 aromatic rings. The maximum Gasteiger partial charge on any atom is 0.120 e. The van der Waals surface area contributed by atoms with Crippen molar-refractivity contribution in [2.24, 2.45) is 5.92 Å². The van der Waals surface area contributed by atoms with Crippen LogP contribution in [0.1, 0.15) is 30.4 Å². The Bertz CT molecular complexity index is 900. The van der Waals surface area contributed by atoms with Gasteiger partial charge in [-0.1, -0.05) is 78.3 Å². The van der Waals surface area contributed by atoms with Gasteiger partial charge in [0.2, 0.25) is 0 Å². The van der Waals surface area contributed by atoms with E-state index in [1.54, 1.807) is 0 Å². The van der Waals surface area contributed by atoms with E-state index in [0.29, 0.717) is 11.6 Å². The Morgan fingerprint density at radius 2 is 1.48 bits per heavy atom. The molecule has 0 aromatic heterocycles. The highest BCUT2D eigenvalue weighted by atomic mass is 35.5. The molecule has 4 heteroatoms. The molecule has 1 N–H and O–H groups in total. The molecule has 0 saturated carbocycles. The monoisotopic (exact) mass is 435 g/mol. The molecular weight excluding hydrogens is 406 g/mol. The topological polar surface area (TPSA) is 32.7 Å². The van der Waals surface area contributed by atoms with Gasteiger partial charge >= 0.3 is 0 Å². The highest BCUT2D eigenvalue weighted by molar-refractivity contribution is 6.30. The molecule has 1 heterocycles. The lowest BCUT2D eigenvalue weighted by molar-refractivity contribution is -0.0146. The van der Waals surface area contributed by atoms with Crippen LogP contribution in [0.3, 0.4) is 0 Å². The minimum Gasteiger partial charge on any atom is -0.493 e. The number of nitrogens with zero attached hydrogens (tertiary/aromatic N) is 1. The molecule has 3 nitrogen and oxygen atoms in total. The van der Waals surface area contributed by atoms with E-state index < -0.39 is 5.60 Å². The van der Waals surface area contributed by atoms with Gasteiger partial charge in [0.15, 0.2) is 0 Å². The van der Waals surface area contributed by atoms with E-state index in [1.165, 1.54) is 0 Å². The lowest BCUT2D eigenvalue weighted by Crippen LogP contribution is -2.44. The minimum absolute atomic E-state index is 0.191. The van der Waals surface area contributed by atoms with E-state index in [0.717, 1.165) is 55.8 Å². The lowest BCUT2D eigenvalue weighted by atomic mass is 9.72. The third-order valence-corrected chi connectivity index (χ3v) is 6.52. The average molecular weight is 436 g/mol. The molecule has 0 aliphatic carbocycles. The van der Waals surface area contributed by atoms with Gasteiger partial charge < -0.3 is 14.7 Å². The van der Waals surface area contributed by atoms with Crippen LogP contribution in [-0.2, 0) is 5.60 Å². The van der Waals surface area contributed by atoms with Crippen LogP contribution in [0, 0.1) is 5.92 Å². The summed E-state index contributed by atoms with van der Waals surface area (Å²) in [5.41, 5.74) is 1.01. The zero-order valence-electron chi connectivity index (χ0n) is 17.8. The van der Waals surface area contributed by atoms with Gasteiger partial charge in [-0.3, -0.25) is 0 Å². The number of rotatable bonds is 8. The van der Waals surface area contributed by atoms with Crippen LogP contribution in [0.5, 0.6) is 5.75 Å². The Kier molecular flexibility index (Phi) is 7.29. The van der Waals surface area contributed by atoms with Crippen LogP contribution in [0.25, 0.3) is 0 Å². The van der Waals surface area contributed by atoms with E-state index in [4.69, 9.17) is 16.3 Å². The van der Waals surface area contributed by atoms with E-state index in [1.807, 2.05) is 84.9 Å². The normalized spacial score (nSPS) is 15.7. The number of ether oxygens (including phenoxy) is 1. The Morgan fingerprint density at radius 3 is 2.06 bits per heavy atom. The molecular formula is C27H30ClNO2. The number of hydrogen-bond donors (Lipinski definition) is 1. The molecule has 1 aliphatic heterocycles. The summed E-state index contributed by atoms with van der Waals surface area (Å²) in [4.78, 5) is 2.48. The summed E-state index contributed by atoms with van der Waals surface area (Å²) in [5, 5.41) is 12.7. The van der Waals surface area contributed by atoms with Gasteiger partial charge in [0.25, 0.3) is 0 Å². The molecule has 3 aromatic carbocycles. The highest BCUT2D eigenvalue weighted by Crippen LogP contribution is 2.41. The summed E-state index contributed by atoms with van der Waals surface area (Å²) < 4.78 is 5.82. The molecule has 162 valence electrons. The summed E-state index contributed by atoms with van der Waals surface area (Å²) in [6.45, 7) is 3.66. The van der Waals surface area contributed by atoms with Crippen molar-refractivity contribution in [3.05, 3.63) is 101 Å². The van der Waals surface area contributed by atoms with Gasteiger partial charge in [0.1, 0.15) is 11.4 Å². The second-order valence-electron chi connectivity index (χ2n) is 8.27. The van der Waals surface area contributed by atoms with E-state index in [-0.39, 0.29) is 5.92 Å². The summed E-state index contributed by atoms with van der Waals surface area (Å²) in [7, 11) is 0. The molecule has 0 bridgehead atoms. The molecule has 1 saturated heterocycles. The number of aliphatic hydroxyl groups is 1. The van der Waals surface area contributed by atoms with E-state index in [2.05, 4.69) is 4.90 Å². The minimum atomic E-state index is -0.954. The predicted octanol–water partition coefficient (Wildman–Crippen LogP) is 5.76. The van der Waals surface area contributed by atoms with E-state index in [9.17, 15) is 5.11 Å². The quantitative estimate of drug-likeness (QED) is 0.457. The van der Waals surface area contributed by atoms with Crippen LogP contribution in [-0.4, -0.2) is 36.2 Å². The molecule has 0 atom stereocenters. The van der Waals surface area contributed by atoms with Crippen LogP contribution >= 0.6 is 11.6 Å². The van der Waals surface area contributed by atoms with Crippen LogP contribution in [0.2, 0.25) is 5.02 Å². The standard InChI is InChI=1S/C27H30ClNO2/c28-25-13-7-14-26(21-25)31-20-8-17-29-18-15-24(16-19-29)27(30,22-9-3-1-4-10-22)23-11-5-2-6-12-23/h1-7,9-14,21,24,30H,8,15-20H2. The van der Waals surface area contributed by atoms with Gasteiger partial charge in [-0.25, -0.2) is 0 Å². The summed E-state index contributed by atoms with van der Waals surface area (Å²) in [6, 6.07) is 27.8. The van der Waals surface area contributed by atoms with Gasteiger partial charge in [0, 0.05) is 11.6 Å². The number of piperidine rings is 1. The first-order valence-corrected chi connectivity index (χ1v) is 11.5. The summed E-state index contributed by atoms with van der Waals surface area (Å²) >= 11 is 6.01. The smallest absolute Gasteiger partial charge is 0.120 e. The van der Waals surface area contributed by atoms with Crippen molar-refractivity contribution in [1.29, 1.82) is 0 Å². The molecule has 0 unspecified atom stereocenters. The van der Waals surface area contributed by atoms with Crippen molar-refractivity contribution in [3.63, 3.8) is 0 Å². The van der Waals surface area contributed by atoms with Crippen molar-refractivity contribution in [1.82, 2.24) is 4.90 Å². The van der Waals surface area contributed by atoms with Crippen molar-refractivity contribution < 1.29 is 9.84 Å². The van der Waals surface area contributed by atoms with Crippen LogP contribution in [0.4, 0.5) is 0 Å². The Morgan fingerprint density at radius 1 is 0.871 bits per heavy atom. The lowest BCUT2D eigenvalue weighted by Gasteiger charge is -2.42. The third-order valence-electron chi connectivity index (χ3n) is 6.29. The van der Waals surface area contributed by atoms with Crippen molar-refractivity contribution >= 4 is 11.6 Å².